The van der Waals surface area contributed by atoms with Crippen LogP contribution in [-0.4, -0.2) is 42.1 Å². The van der Waals surface area contributed by atoms with E-state index in [0.29, 0.717) is 5.88 Å². The highest BCUT2D eigenvalue weighted by Gasteiger charge is 2.15. The standard InChI is InChI=1S/C11H15N3O/c1-14-7-3-4-9(8-14)10-11(15-2)13-6-5-12-10/h4-6H,3,7-8H2,1-2H3. The lowest BCUT2D eigenvalue weighted by atomic mass is 10.1. The molecule has 0 atom stereocenters. The summed E-state index contributed by atoms with van der Waals surface area (Å²) in [5.74, 6) is 0.610. The second-order valence-electron chi connectivity index (χ2n) is 3.67. The van der Waals surface area contributed by atoms with Gasteiger partial charge in [-0.25, -0.2) is 9.97 Å². The molecular weight excluding hydrogens is 190 g/mol. The van der Waals surface area contributed by atoms with Crippen LogP contribution in [0.25, 0.3) is 5.57 Å². The first-order chi connectivity index (χ1) is 7.31. The van der Waals surface area contributed by atoms with E-state index >= 15 is 0 Å². The Balaban J connectivity index is 2.32. The first-order valence-electron chi connectivity index (χ1n) is 5.04. The van der Waals surface area contributed by atoms with Crippen LogP contribution in [0.3, 0.4) is 0 Å². The molecule has 0 saturated heterocycles. The van der Waals surface area contributed by atoms with Gasteiger partial charge in [-0.15, -0.1) is 0 Å². The maximum atomic E-state index is 5.20. The summed E-state index contributed by atoms with van der Waals surface area (Å²) in [4.78, 5) is 10.7. The third kappa shape index (κ3) is 2.15. The average Bonchev–Trinajstić information content (AvgIpc) is 2.29. The first-order valence-corrected chi connectivity index (χ1v) is 5.04. The minimum absolute atomic E-state index is 0.610. The normalized spacial score (nSPS) is 17.3. The number of ether oxygens (including phenoxy) is 1. The molecule has 15 heavy (non-hydrogen) atoms. The molecule has 2 heterocycles. The molecule has 1 aliphatic heterocycles. The second kappa shape index (κ2) is 4.40. The van der Waals surface area contributed by atoms with Gasteiger partial charge >= 0.3 is 0 Å². The number of likely N-dealkylation sites (N-methyl/N-ethyl adjacent to an activating group) is 1. The SMILES string of the molecule is COc1nccnc1C1=CCCN(C)C1. The molecule has 1 aromatic heterocycles. The van der Waals surface area contributed by atoms with Crippen LogP contribution in [-0.2, 0) is 0 Å². The molecule has 0 spiro atoms. The summed E-state index contributed by atoms with van der Waals surface area (Å²) in [5.41, 5.74) is 2.07. The van der Waals surface area contributed by atoms with Gasteiger partial charge in [0.05, 0.1) is 7.11 Å². The lowest BCUT2D eigenvalue weighted by Gasteiger charge is -2.22. The Labute approximate surface area is 89.6 Å². The molecule has 0 aromatic carbocycles. The summed E-state index contributed by atoms with van der Waals surface area (Å²) in [6.45, 7) is 2.02. The molecule has 1 aromatic rings. The zero-order valence-electron chi connectivity index (χ0n) is 9.10. The zero-order chi connectivity index (χ0) is 10.7. The highest BCUT2D eigenvalue weighted by Crippen LogP contribution is 2.24. The van der Waals surface area contributed by atoms with Gasteiger partial charge in [0.15, 0.2) is 0 Å². The van der Waals surface area contributed by atoms with Gasteiger partial charge in [-0.3, -0.25) is 0 Å². The molecule has 4 heteroatoms. The van der Waals surface area contributed by atoms with Crippen molar-refractivity contribution in [3.05, 3.63) is 24.2 Å². The second-order valence-corrected chi connectivity index (χ2v) is 3.67. The summed E-state index contributed by atoms with van der Waals surface area (Å²) >= 11 is 0. The predicted molar refractivity (Wildman–Crippen MR) is 58.7 cm³/mol. The minimum atomic E-state index is 0.610. The number of rotatable bonds is 2. The van der Waals surface area contributed by atoms with Crippen molar-refractivity contribution in [3.8, 4) is 5.88 Å². The molecule has 0 aliphatic carbocycles. The van der Waals surface area contributed by atoms with E-state index in [1.807, 2.05) is 0 Å². The fourth-order valence-electron chi connectivity index (χ4n) is 1.76. The molecule has 0 saturated carbocycles. The lowest BCUT2D eigenvalue weighted by molar-refractivity contribution is 0.368. The summed E-state index contributed by atoms with van der Waals surface area (Å²) in [6, 6.07) is 0. The Kier molecular flexibility index (Phi) is 2.97. The van der Waals surface area contributed by atoms with E-state index in [2.05, 4.69) is 28.0 Å². The highest BCUT2D eigenvalue weighted by molar-refractivity contribution is 5.67. The average molecular weight is 205 g/mol. The Bertz CT molecular complexity index is 376. The minimum Gasteiger partial charge on any atom is -0.479 e. The maximum absolute atomic E-state index is 5.20. The molecule has 0 fully saturated rings. The van der Waals surface area contributed by atoms with Crippen molar-refractivity contribution >= 4 is 5.57 Å². The van der Waals surface area contributed by atoms with Crippen LogP contribution in [0.2, 0.25) is 0 Å². The molecule has 0 amide bonds. The lowest BCUT2D eigenvalue weighted by Crippen LogP contribution is -2.25. The van der Waals surface area contributed by atoms with Crippen molar-refractivity contribution in [2.45, 2.75) is 6.42 Å². The van der Waals surface area contributed by atoms with E-state index in [1.165, 1.54) is 5.57 Å². The number of nitrogens with zero attached hydrogens (tertiary/aromatic N) is 3. The van der Waals surface area contributed by atoms with Crippen LogP contribution in [0.15, 0.2) is 18.5 Å². The smallest absolute Gasteiger partial charge is 0.240 e. The van der Waals surface area contributed by atoms with Crippen molar-refractivity contribution in [2.24, 2.45) is 0 Å². The quantitative estimate of drug-likeness (QED) is 0.727. The van der Waals surface area contributed by atoms with Gasteiger partial charge in [-0.2, -0.15) is 0 Å². The van der Waals surface area contributed by atoms with Crippen LogP contribution in [0.1, 0.15) is 12.1 Å². The molecule has 80 valence electrons. The Morgan fingerprint density at radius 3 is 2.87 bits per heavy atom. The van der Waals surface area contributed by atoms with Gasteiger partial charge < -0.3 is 9.64 Å². The Morgan fingerprint density at radius 2 is 2.13 bits per heavy atom. The van der Waals surface area contributed by atoms with Crippen molar-refractivity contribution in [1.29, 1.82) is 0 Å². The first kappa shape index (κ1) is 10.1. The van der Waals surface area contributed by atoms with E-state index in [0.717, 1.165) is 25.2 Å². The van der Waals surface area contributed by atoms with Gasteiger partial charge in [0.25, 0.3) is 0 Å². The van der Waals surface area contributed by atoms with Crippen LogP contribution in [0, 0.1) is 0 Å². The van der Waals surface area contributed by atoms with Crippen molar-refractivity contribution in [2.75, 3.05) is 27.2 Å². The van der Waals surface area contributed by atoms with Crippen molar-refractivity contribution in [1.82, 2.24) is 14.9 Å². The van der Waals surface area contributed by atoms with E-state index in [4.69, 9.17) is 4.74 Å². The van der Waals surface area contributed by atoms with E-state index < -0.39 is 0 Å². The Hall–Kier alpha value is -1.42. The monoisotopic (exact) mass is 205 g/mol. The predicted octanol–water partition coefficient (Wildman–Crippen LogP) is 1.20. The van der Waals surface area contributed by atoms with Gasteiger partial charge in [0, 0.05) is 25.5 Å². The van der Waals surface area contributed by atoms with Gasteiger partial charge in [-0.1, -0.05) is 6.08 Å². The van der Waals surface area contributed by atoms with E-state index in [1.54, 1.807) is 19.5 Å². The molecule has 4 nitrogen and oxygen atoms in total. The molecule has 0 radical (unpaired) electrons. The Morgan fingerprint density at radius 1 is 1.33 bits per heavy atom. The van der Waals surface area contributed by atoms with Crippen molar-refractivity contribution in [3.63, 3.8) is 0 Å². The molecule has 0 unspecified atom stereocenters. The van der Waals surface area contributed by atoms with Crippen LogP contribution in [0.5, 0.6) is 5.88 Å². The van der Waals surface area contributed by atoms with E-state index in [9.17, 15) is 0 Å². The molecular formula is C11H15N3O. The van der Waals surface area contributed by atoms with Gasteiger partial charge in [0.1, 0.15) is 5.69 Å². The number of hydrogen-bond acceptors (Lipinski definition) is 4. The molecule has 0 N–H and O–H groups in total. The molecule has 0 bridgehead atoms. The largest absolute Gasteiger partial charge is 0.479 e. The summed E-state index contributed by atoms with van der Waals surface area (Å²) < 4.78 is 5.20. The third-order valence-electron chi connectivity index (χ3n) is 2.50. The zero-order valence-corrected chi connectivity index (χ0v) is 9.10. The fraction of sp³-hybridized carbons (Fsp3) is 0.455. The van der Waals surface area contributed by atoms with Crippen LogP contribution < -0.4 is 4.74 Å². The topological polar surface area (TPSA) is 38.3 Å². The summed E-state index contributed by atoms with van der Waals surface area (Å²) in [5, 5.41) is 0. The van der Waals surface area contributed by atoms with Crippen LogP contribution >= 0.6 is 0 Å². The highest BCUT2D eigenvalue weighted by atomic mass is 16.5. The third-order valence-corrected chi connectivity index (χ3v) is 2.50. The van der Waals surface area contributed by atoms with E-state index in [-0.39, 0.29) is 0 Å². The summed E-state index contributed by atoms with van der Waals surface area (Å²) in [7, 11) is 3.73. The number of methoxy groups -OCH3 is 1. The van der Waals surface area contributed by atoms with Gasteiger partial charge in [0.2, 0.25) is 5.88 Å². The van der Waals surface area contributed by atoms with Gasteiger partial charge in [-0.05, 0) is 19.0 Å². The number of aromatic nitrogens is 2. The van der Waals surface area contributed by atoms with Crippen molar-refractivity contribution < 1.29 is 4.74 Å². The maximum Gasteiger partial charge on any atom is 0.240 e. The van der Waals surface area contributed by atoms with Crippen LogP contribution in [0.4, 0.5) is 0 Å². The fourth-order valence-corrected chi connectivity index (χ4v) is 1.76. The summed E-state index contributed by atoms with van der Waals surface area (Å²) in [6.07, 6.45) is 6.63. The number of hydrogen-bond donors (Lipinski definition) is 0. The molecule has 2 rings (SSSR count). The molecule has 1 aliphatic rings.